The first-order chi connectivity index (χ1) is 12.2. The molecule has 1 heterocycles. The molecule has 0 spiro atoms. The first-order valence-corrected chi connectivity index (χ1v) is 7.82. The zero-order valence-electron chi connectivity index (χ0n) is 13.4. The quantitative estimate of drug-likeness (QED) is 0.645. The van der Waals surface area contributed by atoms with Gasteiger partial charge in [0.15, 0.2) is 5.69 Å². The molecule has 134 valence electrons. The number of halogens is 4. The van der Waals surface area contributed by atoms with Crippen LogP contribution in [0.3, 0.4) is 0 Å². The predicted molar refractivity (Wildman–Crippen MR) is 91.1 cm³/mol. The van der Waals surface area contributed by atoms with Crippen molar-refractivity contribution in [2.75, 3.05) is 5.32 Å². The summed E-state index contributed by atoms with van der Waals surface area (Å²) in [4.78, 5) is 16.3. The average Bonchev–Trinajstić information content (AvgIpc) is 3.07. The lowest BCUT2D eigenvalue weighted by Crippen LogP contribution is -2.13. The van der Waals surface area contributed by atoms with Crippen molar-refractivity contribution in [2.24, 2.45) is 0 Å². The maximum absolute atomic E-state index is 12.6. The zero-order valence-corrected chi connectivity index (χ0v) is 14.2. The van der Waals surface area contributed by atoms with E-state index in [1.165, 1.54) is 12.1 Å². The molecule has 1 aromatic heterocycles. The molecular weight excluding hydrogens is 369 g/mol. The molecule has 8 heteroatoms. The number of rotatable bonds is 3. The van der Waals surface area contributed by atoms with E-state index in [1.807, 2.05) is 0 Å². The normalized spacial score (nSPS) is 11.4. The maximum Gasteiger partial charge on any atom is 0.416 e. The summed E-state index contributed by atoms with van der Waals surface area (Å²) < 4.78 is 43.0. The minimum absolute atomic E-state index is 0.00856. The van der Waals surface area contributed by atoms with Crippen molar-refractivity contribution in [3.05, 3.63) is 70.6 Å². The van der Waals surface area contributed by atoms with E-state index in [4.69, 9.17) is 16.0 Å². The topological polar surface area (TPSA) is 55.1 Å². The van der Waals surface area contributed by atoms with Crippen LogP contribution in [0.4, 0.5) is 18.9 Å². The standard InChI is InChI=1S/C18H12ClF3N2O2/c1-10-8-13(19)6-7-14(10)23-16(25)15-9-26-17(24-15)11-2-4-12(5-3-11)18(20,21)22/h2-9H,1H3,(H,23,25). The van der Waals surface area contributed by atoms with E-state index in [0.717, 1.165) is 24.0 Å². The summed E-state index contributed by atoms with van der Waals surface area (Å²) in [7, 11) is 0. The van der Waals surface area contributed by atoms with Crippen molar-refractivity contribution in [1.29, 1.82) is 0 Å². The first-order valence-electron chi connectivity index (χ1n) is 7.45. The highest BCUT2D eigenvalue weighted by Crippen LogP contribution is 2.31. The first kappa shape index (κ1) is 18.0. The van der Waals surface area contributed by atoms with E-state index in [1.54, 1.807) is 25.1 Å². The summed E-state index contributed by atoms with van der Waals surface area (Å²) in [5.41, 5.74) is 0.911. The molecule has 0 radical (unpaired) electrons. The fourth-order valence-electron chi connectivity index (χ4n) is 2.27. The number of amides is 1. The molecule has 0 saturated carbocycles. The lowest BCUT2D eigenvalue weighted by molar-refractivity contribution is -0.137. The molecule has 1 amide bonds. The average molecular weight is 381 g/mol. The van der Waals surface area contributed by atoms with Crippen molar-refractivity contribution in [1.82, 2.24) is 4.98 Å². The van der Waals surface area contributed by atoms with Crippen LogP contribution in [0.15, 0.2) is 53.1 Å². The number of aryl methyl sites for hydroxylation is 1. The third-order valence-corrected chi connectivity index (χ3v) is 3.87. The largest absolute Gasteiger partial charge is 0.444 e. The molecule has 26 heavy (non-hydrogen) atoms. The van der Waals surface area contributed by atoms with Gasteiger partial charge in [-0.2, -0.15) is 13.2 Å². The minimum Gasteiger partial charge on any atom is -0.444 e. The number of alkyl halides is 3. The summed E-state index contributed by atoms with van der Waals surface area (Å²) in [6.07, 6.45) is -3.27. The summed E-state index contributed by atoms with van der Waals surface area (Å²) in [5, 5.41) is 3.23. The summed E-state index contributed by atoms with van der Waals surface area (Å²) in [6, 6.07) is 9.33. The third-order valence-electron chi connectivity index (χ3n) is 3.63. The SMILES string of the molecule is Cc1cc(Cl)ccc1NC(=O)c1coc(-c2ccc(C(F)(F)F)cc2)n1. The van der Waals surface area contributed by atoms with Gasteiger partial charge in [-0.05, 0) is 55.0 Å². The monoisotopic (exact) mass is 380 g/mol. The van der Waals surface area contributed by atoms with Gasteiger partial charge in [-0.1, -0.05) is 11.6 Å². The van der Waals surface area contributed by atoms with Crippen molar-refractivity contribution >= 4 is 23.2 Å². The van der Waals surface area contributed by atoms with E-state index >= 15 is 0 Å². The summed E-state index contributed by atoms with van der Waals surface area (Å²) >= 11 is 5.87. The van der Waals surface area contributed by atoms with Crippen LogP contribution in [-0.4, -0.2) is 10.9 Å². The van der Waals surface area contributed by atoms with Gasteiger partial charge in [0.1, 0.15) is 6.26 Å². The van der Waals surface area contributed by atoms with E-state index < -0.39 is 17.6 Å². The maximum atomic E-state index is 12.6. The Morgan fingerprint density at radius 2 is 1.85 bits per heavy atom. The Kier molecular flexibility index (Phi) is 4.73. The highest BCUT2D eigenvalue weighted by Gasteiger charge is 2.30. The molecule has 0 fully saturated rings. The number of benzene rings is 2. The highest BCUT2D eigenvalue weighted by atomic mass is 35.5. The summed E-state index contributed by atoms with van der Waals surface area (Å²) in [5.74, 6) is -0.450. The fraction of sp³-hybridized carbons (Fsp3) is 0.111. The molecule has 0 atom stereocenters. The van der Waals surface area contributed by atoms with Gasteiger partial charge in [-0.3, -0.25) is 4.79 Å². The smallest absolute Gasteiger partial charge is 0.416 e. The lowest BCUT2D eigenvalue weighted by atomic mass is 10.1. The Hall–Kier alpha value is -2.80. The Bertz CT molecular complexity index is 950. The van der Waals surface area contributed by atoms with E-state index in [0.29, 0.717) is 16.3 Å². The van der Waals surface area contributed by atoms with Crippen LogP contribution in [0, 0.1) is 6.92 Å². The second kappa shape index (κ2) is 6.84. The summed E-state index contributed by atoms with van der Waals surface area (Å²) in [6.45, 7) is 1.79. The molecule has 4 nitrogen and oxygen atoms in total. The molecule has 0 aliphatic heterocycles. The van der Waals surface area contributed by atoms with Crippen LogP contribution in [0.2, 0.25) is 5.02 Å². The molecule has 3 aromatic rings. The number of oxazole rings is 1. The number of aromatic nitrogens is 1. The molecular formula is C18H12ClF3N2O2. The Morgan fingerprint density at radius 3 is 2.46 bits per heavy atom. The fourth-order valence-corrected chi connectivity index (χ4v) is 2.49. The van der Waals surface area contributed by atoms with Crippen molar-refractivity contribution in [3.8, 4) is 11.5 Å². The van der Waals surface area contributed by atoms with Gasteiger partial charge in [0.25, 0.3) is 5.91 Å². The predicted octanol–water partition coefficient (Wildman–Crippen LogP) is 5.57. The second-order valence-corrected chi connectivity index (χ2v) is 5.96. The molecule has 1 N–H and O–H groups in total. The van der Waals surface area contributed by atoms with Gasteiger partial charge in [0.2, 0.25) is 5.89 Å². The van der Waals surface area contributed by atoms with Gasteiger partial charge in [0, 0.05) is 16.3 Å². The molecule has 0 saturated heterocycles. The Labute approximate surface area is 151 Å². The number of hydrogen-bond acceptors (Lipinski definition) is 3. The highest BCUT2D eigenvalue weighted by molar-refractivity contribution is 6.30. The van der Waals surface area contributed by atoms with Gasteiger partial charge in [-0.15, -0.1) is 0 Å². The van der Waals surface area contributed by atoms with Crippen molar-refractivity contribution in [2.45, 2.75) is 13.1 Å². The Balaban J connectivity index is 1.77. The third kappa shape index (κ3) is 3.88. The second-order valence-electron chi connectivity index (χ2n) is 5.53. The van der Waals surface area contributed by atoms with Crippen LogP contribution in [-0.2, 0) is 6.18 Å². The number of carbonyl (C=O) groups is 1. The number of hydrogen-bond donors (Lipinski definition) is 1. The van der Waals surface area contributed by atoms with Crippen LogP contribution in [0.5, 0.6) is 0 Å². The molecule has 0 bridgehead atoms. The van der Waals surface area contributed by atoms with Gasteiger partial charge >= 0.3 is 6.18 Å². The van der Waals surface area contributed by atoms with E-state index in [2.05, 4.69) is 10.3 Å². The van der Waals surface area contributed by atoms with Gasteiger partial charge in [-0.25, -0.2) is 4.98 Å². The number of nitrogens with one attached hydrogen (secondary N) is 1. The van der Waals surface area contributed by atoms with E-state index in [9.17, 15) is 18.0 Å². The minimum atomic E-state index is -4.42. The molecule has 0 unspecified atom stereocenters. The number of anilines is 1. The van der Waals surface area contributed by atoms with Crippen LogP contribution < -0.4 is 5.32 Å². The molecule has 2 aromatic carbocycles. The molecule has 0 aliphatic carbocycles. The lowest BCUT2D eigenvalue weighted by Gasteiger charge is -2.07. The van der Waals surface area contributed by atoms with Gasteiger partial charge in [0.05, 0.1) is 5.56 Å². The number of nitrogens with zero attached hydrogens (tertiary/aromatic N) is 1. The molecule has 0 aliphatic rings. The van der Waals surface area contributed by atoms with Crippen LogP contribution in [0.25, 0.3) is 11.5 Å². The number of carbonyl (C=O) groups excluding carboxylic acids is 1. The molecule has 3 rings (SSSR count). The van der Waals surface area contributed by atoms with Crippen molar-refractivity contribution < 1.29 is 22.4 Å². The van der Waals surface area contributed by atoms with E-state index in [-0.39, 0.29) is 11.6 Å². The Morgan fingerprint density at radius 1 is 1.15 bits per heavy atom. The zero-order chi connectivity index (χ0) is 18.9. The van der Waals surface area contributed by atoms with Gasteiger partial charge < -0.3 is 9.73 Å². The van der Waals surface area contributed by atoms with Crippen molar-refractivity contribution in [3.63, 3.8) is 0 Å². The van der Waals surface area contributed by atoms with Crippen LogP contribution in [0.1, 0.15) is 21.6 Å². The van der Waals surface area contributed by atoms with Crippen LogP contribution >= 0.6 is 11.6 Å².